The zero-order valence-corrected chi connectivity index (χ0v) is 12.7. The minimum atomic E-state index is -0.447. The minimum absolute atomic E-state index is 0.111. The summed E-state index contributed by atoms with van der Waals surface area (Å²) in [6.45, 7) is 7.17. The molecule has 0 aliphatic heterocycles. The Morgan fingerprint density at radius 1 is 1.16 bits per heavy atom. The second-order valence-corrected chi connectivity index (χ2v) is 6.17. The Balaban J connectivity index is 2.62. The zero-order valence-electron chi connectivity index (χ0n) is 11.9. The zero-order chi connectivity index (χ0) is 14.3. The summed E-state index contributed by atoms with van der Waals surface area (Å²) in [6, 6.07) is 4.16. The molecule has 19 heavy (non-hydrogen) atoms. The maximum Gasteiger partial charge on any atom is 0.129 e. The van der Waals surface area contributed by atoms with Crippen molar-refractivity contribution in [3.05, 3.63) is 35.4 Å². The van der Waals surface area contributed by atoms with Crippen molar-refractivity contribution >= 4 is 11.8 Å². The van der Waals surface area contributed by atoms with E-state index in [0.29, 0.717) is 12.3 Å². The van der Waals surface area contributed by atoms with Gasteiger partial charge in [-0.2, -0.15) is 11.8 Å². The molecule has 1 aromatic carbocycles. The highest BCUT2D eigenvalue weighted by Gasteiger charge is 2.15. The van der Waals surface area contributed by atoms with Gasteiger partial charge in [0, 0.05) is 17.4 Å². The monoisotopic (exact) mass is 287 g/mol. The van der Waals surface area contributed by atoms with Crippen molar-refractivity contribution in [2.45, 2.75) is 33.2 Å². The molecule has 1 unspecified atom stereocenters. The van der Waals surface area contributed by atoms with E-state index in [1.54, 1.807) is 0 Å². The highest BCUT2D eigenvalue weighted by Crippen LogP contribution is 2.17. The molecule has 1 nitrogen and oxygen atoms in total. The quantitative estimate of drug-likeness (QED) is 0.779. The number of halogens is 2. The summed E-state index contributed by atoms with van der Waals surface area (Å²) in [4.78, 5) is 0. The summed E-state index contributed by atoms with van der Waals surface area (Å²) in [6.07, 6.45) is 0.400. The summed E-state index contributed by atoms with van der Waals surface area (Å²) >= 11 is 1.83. The van der Waals surface area contributed by atoms with Crippen molar-refractivity contribution in [3.8, 4) is 0 Å². The van der Waals surface area contributed by atoms with Crippen LogP contribution in [0.25, 0.3) is 0 Å². The van der Waals surface area contributed by atoms with Crippen LogP contribution in [0.1, 0.15) is 26.3 Å². The summed E-state index contributed by atoms with van der Waals surface area (Å²) in [7, 11) is 0. The van der Waals surface area contributed by atoms with Gasteiger partial charge in [-0.3, -0.25) is 0 Å². The van der Waals surface area contributed by atoms with Crippen LogP contribution in [0, 0.1) is 17.6 Å². The molecular formula is C15H23F2NS. The number of hydrogen-bond donors (Lipinski definition) is 1. The van der Waals surface area contributed by atoms with Gasteiger partial charge in [-0.15, -0.1) is 0 Å². The molecule has 0 amide bonds. The minimum Gasteiger partial charge on any atom is -0.313 e. The Bertz CT molecular complexity index is 362. The molecule has 1 N–H and O–H groups in total. The molecule has 4 heteroatoms. The largest absolute Gasteiger partial charge is 0.313 e. The average molecular weight is 287 g/mol. The lowest BCUT2D eigenvalue weighted by atomic mass is 10.1. The third kappa shape index (κ3) is 5.91. The van der Waals surface area contributed by atoms with Gasteiger partial charge in [-0.1, -0.05) is 26.8 Å². The van der Waals surface area contributed by atoms with E-state index in [1.807, 2.05) is 18.7 Å². The van der Waals surface area contributed by atoms with Crippen LogP contribution in [-0.4, -0.2) is 24.1 Å². The van der Waals surface area contributed by atoms with Crippen molar-refractivity contribution in [2.75, 3.05) is 18.1 Å². The van der Waals surface area contributed by atoms with Gasteiger partial charge in [0.2, 0.25) is 0 Å². The van der Waals surface area contributed by atoms with Gasteiger partial charge in [0.25, 0.3) is 0 Å². The normalized spacial score (nSPS) is 12.9. The Labute approximate surface area is 119 Å². The predicted octanol–water partition coefficient (Wildman–Crippen LogP) is 3.87. The number of hydrogen-bond acceptors (Lipinski definition) is 2. The fraction of sp³-hybridized carbons (Fsp3) is 0.600. The van der Waals surface area contributed by atoms with Crippen LogP contribution in [-0.2, 0) is 6.42 Å². The summed E-state index contributed by atoms with van der Waals surface area (Å²) in [5.41, 5.74) is 0.193. The fourth-order valence-corrected chi connectivity index (χ4v) is 3.03. The molecule has 0 saturated heterocycles. The van der Waals surface area contributed by atoms with E-state index in [1.165, 1.54) is 18.2 Å². The van der Waals surface area contributed by atoms with E-state index in [4.69, 9.17) is 0 Å². The second kappa shape index (κ2) is 8.54. The van der Waals surface area contributed by atoms with E-state index >= 15 is 0 Å². The lowest BCUT2D eigenvalue weighted by molar-refractivity contribution is 0.511. The van der Waals surface area contributed by atoms with Gasteiger partial charge >= 0.3 is 0 Å². The molecule has 0 aliphatic rings. The van der Waals surface area contributed by atoms with Crippen molar-refractivity contribution < 1.29 is 8.78 Å². The van der Waals surface area contributed by atoms with E-state index < -0.39 is 11.6 Å². The lowest BCUT2D eigenvalue weighted by Gasteiger charge is -2.19. The van der Waals surface area contributed by atoms with E-state index in [-0.39, 0.29) is 11.6 Å². The first-order chi connectivity index (χ1) is 9.04. The van der Waals surface area contributed by atoms with Crippen molar-refractivity contribution in [1.29, 1.82) is 0 Å². The van der Waals surface area contributed by atoms with Crippen LogP contribution in [0.15, 0.2) is 18.2 Å². The summed E-state index contributed by atoms with van der Waals surface area (Å²) in [5, 5.41) is 3.31. The smallest absolute Gasteiger partial charge is 0.129 e. The number of likely N-dealkylation sites (N-methyl/N-ethyl adjacent to an activating group) is 1. The molecule has 1 atom stereocenters. The molecule has 0 fully saturated rings. The molecule has 108 valence electrons. The number of benzene rings is 1. The van der Waals surface area contributed by atoms with Crippen LogP contribution in [0.2, 0.25) is 0 Å². The molecule has 0 bridgehead atoms. The Kier molecular flexibility index (Phi) is 7.39. The van der Waals surface area contributed by atoms with Crippen LogP contribution in [0.3, 0.4) is 0 Å². The second-order valence-electron chi connectivity index (χ2n) is 5.09. The highest BCUT2D eigenvalue weighted by atomic mass is 32.2. The van der Waals surface area contributed by atoms with Crippen LogP contribution in [0.4, 0.5) is 8.78 Å². The van der Waals surface area contributed by atoms with Crippen molar-refractivity contribution in [1.82, 2.24) is 5.32 Å². The van der Waals surface area contributed by atoms with E-state index in [9.17, 15) is 8.78 Å². The molecule has 1 aromatic rings. The van der Waals surface area contributed by atoms with Gasteiger partial charge in [0.05, 0.1) is 0 Å². The SMILES string of the molecule is CCNC(CSCC(C)C)Cc1c(F)cccc1F. The third-order valence-electron chi connectivity index (χ3n) is 2.78. The van der Waals surface area contributed by atoms with Gasteiger partial charge in [-0.25, -0.2) is 8.78 Å². The molecular weight excluding hydrogens is 264 g/mol. The summed E-state index contributed by atoms with van der Waals surface area (Å²) < 4.78 is 27.3. The first-order valence-corrected chi connectivity index (χ1v) is 7.94. The maximum absolute atomic E-state index is 13.6. The molecule has 0 saturated carbocycles. The van der Waals surface area contributed by atoms with Crippen LogP contribution < -0.4 is 5.32 Å². The number of thioether (sulfide) groups is 1. The Morgan fingerprint density at radius 2 is 1.79 bits per heavy atom. The third-order valence-corrected chi connectivity index (χ3v) is 4.32. The first-order valence-electron chi connectivity index (χ1n) is 6.78. The number of rotatable bonds is 8. The molecule has 0 spiro atoms. The molecule has 0 radical (unpaired) electrons. The van der Waals surface area contributed by atoms with Gasteiger partial charge in [0.1, 0.15) is 11.6 Å². The highest BCUT2D eigenvalue weighted by molar-refractivity contribution is 7.99. The van der Waals surface area contributed by atoms with Crippen molar-refractivity contribution in [2.24, 2.45) is 5.92 Å². The van der Waals surface area contributed by atoms with Gasteiger partial charge in [-0.05, 0) is 36.8 Å². The Morgan fingerprint density at radius 3 is 2.32 bits per heavy atom. The topological polar surface area (TPSA) is 12.0 Å². The fourth-order valence-electron chi connectivity index (χ4n) is 1.90. The lowest BCUT2D eigenvalue weighted by Crippen LogP contribution is -2.34. The van der Waals surface area contributed by atoms with Gasteiger partial charge in [0.15, 0.2) is 0 Å². The van der Waals surface area contributed by atoms with Crippen molar-refractivity contribution in [3.63, 3.8) is 0 Å². The molecule has 0 aromatic heterocycles. The number of nitrogens with one attached hydrogen (secondary N) is 1. The standard InChI is InChI=1S/C15H23F2NS/c1-4-18-12(10-19-9-11(2)3)8-13-14(16)6-5-7-15(13)17/h5-7,11-12,18H,4,8-10H2,1-3H3. The average Bonchev–Trinajstić information content (AvgIpc) is 2.33. The first kappa shape index (κ1) is 16.4. The Hall–Kier alpha value is -0.610. The molecule has 0 heterocycles. The van der Waals surface area contributed by atoms with Gasteiger partial charge < -0.3 is 5.32 Å². The van der Waals surface area contributed by atoms with Crippen LogP contribution >= 0.6 is 11.8 Å². The van der Waals surface area contributed by atoms with E-state index in [2.05, 4.69) is 19.2 Å². The summed E-state index contributed by atoms with van der Waals surface area (Å²) in [5.74, 6) is 1.69. The maximum atomic E-state index is 13.6. The predicted molar refractivity (Wildman–Crippen MR) is 79.7 cm³/mol. The van der Waals surface area contributed by atoms with Crippen LogP contribution in [0.5, 0.6) is 0 Å². The molecule has 0 aliphatic carbocycles. The molecule has 1 rings (SSSR count). The van der Waals surface area contributed by atoms with E-state index in [0.717, 1.165) is 18.1 Å².